The lowest BCUT2D eigenvalue weighted by molar-refractivity contribution is -0.168. The number of Topliss-reactive ketones (excluding diaryl/α,β-unsaturated/α-hetero) is 1. The molecule has 0 aromatic rings. The Balaban J connectivity index is 1.59. The van der Waals surface area contributed by atoms with Crippen molar-refractivity contribution in [3.05, 3.63) is 11.6 Å². The first-order valence-electron chi connectivity index (χ1n) is 12.0. The van der Waals surface area contributed by atoms with Gasteiger partial charge in [-0.15, -0.1) is 11.6 Å². The van der Waals surface area contributed by atoms with E-state index in [0.717, 1.165) is 0 Å². The first-order chi connectivity index (χ1) is 15.5. The summed E-state index contributed by atoms with van der Waals surface area (Å²) in [6.45, 7) is 7.73. The van der Waals surface area contributed by atoms with E-state index in [0.29, 0.717) is 31.3 Å². The Bertz CT molecular complexity index is 951. The molecule has 9 atom stereocenters. The smallest absolute Gasteiger partial charge is 0.435 e. The number of epoxide rings is 1. The van der Waals surface area contributed by atoms with Gasteiger partial charge >= 0.3 is 6.16 Å². The number of fused-ring (bicyclic) bond motifs is 3. The first-order valence-corrected chi connectivity index (χ1v) is 12.6. The molecule has 5 rings (SSSR count). The van der Waals surface area contributed by atoms with Gasteiger partial charge in [-0.2, -0.15) is 0 Å². The van der Waals surface area contributed by atoms with Crippen molar-refractivity contribution < 1.29 is 33.0 Å². The van der Waals surface area contributed by atoms with Crippen molar-refractivity contribution >= 4 is 29.3 Å². The summed E-state index contributed by atoms with van der Waals surface area (Å²) in [4.78, 5) is 38.0. The second-order valence-corrected chi connectivity index (χ2v) is 11.3. The maximum Gasteiger partial charge on any atom is 0.509 e. The van der Waals surface area contributed by atoms with Gasteiger partial charge in [0.15, 0.2) is 17.2 Å². The highest BCUT2D eigenvalue weighted by Gasteiger charge is 2.84. The molecule has 0 unspecified atom stereocenters. The largest absolute Gasteiger partial charge is 0.509 e. The van der Waals surface area contributed by atoms with E-state index in [-0.39, 0.29) is 54.3 Å². The van der Waals surface area contributed by atoms with Gasteiger partial charge in [-0.25, -0.2) is 9.18 Å². The zero-order valence-corrected chi connectivity index (χ0v) is 20.4. The van der Waals surface area contributed by atoms with Crippen molar-refractivity contribution in [3.8, 4) is 0 Å². The second-order valence-electron chi connectivity index (χ2n) is 11.0. The molecule has 0 radical (unpaired) electrons. The summed E-state index contributed by atoms with van der Waals surface area (Å²) in [6, 6.07) is 0. The van der Waals surface area contributed by atoms with Gasteiger partial charge in [0.2, 0.25) is 0 Å². The van der Waals surface area contributed by atoms with Gasteiger partial charge in [-0.05, 0) is 56.1 Å². The maximum absolute atomic E-state index is 15.6. The molecular formula is C25H32ClFO6. The number of ketones is 2. The second kappa shape index (κ2) is 7.27. The van der Waals surface area contributed by atoms with Crippen LogP contribution in [0.1, 0.15) is 59.8 Å². The fourth-order valence-electron chi connectivity index (χ4n) is 8.57. The molecule has 33 heavy (non-hydrogen) atoms. The number of alkyl halides is 2. The molecule has 1 heterocycles. The van der Waals surface area contributed by atoms with Crippen LogP contribution in [0.4, 0.5) is 9.18 Å². The molecule has 0 aromatic carbocycles. The zero-order chi connectivity index (χ0) is 24.0. The predicted molar refractivity (Wildman–Crippen MR) is 118 cm³/mol. The standard InChI is InChI=1S/C25H32ClFO6/c1-5-31-21(30)33-24(19(29)12-26)13(2)8-15-16-10-18(27)17-9-14(28)6-7-22(17,3)25(16)20(32-25)11-23(15,24)4/h9,13,15-16,18,20H,5-8,10-12H2,1-4H3/t13-,15-,16-,18-,20-,22-,23-,24-,25+/m0/s1. The van der Waals surface area contributed by atoms with Crippen LogP contribution in [-0.4, -0.2) is 53.7 Å². The van der Waals surface area contributed by atoms with E-state index in [2.05, 4.69) is 0 Å². The van der Waals surface area contributed by atoms with Gasteiger partial charge < -0.3 is 14.2 Å². The molecule has 4 aliphatic carbocycles. The molecule has 0 amide bonds. The average molecular weight is 483 g/mol. The van der Waals surface area contributed by atoms with Crippen molar-refractivity contribution in [2.45, 2.75) is 83.3 Å². The average Bonchev–Trinajstić information content (AvgIpc) is 3.44. The summed E-state index contributed by atoms with van der Waals surface area (Å²) in [5, 5.41) is 0. The van der Waals surface area contributed by atoms with Crippen molar-refractivity contribution in [1.82, 2.24) is 0 Å². The molecule has 1 saturated heterocycles. The number of rotatable bonds is 4. The summed E-state index contributed by atoms with van der Waals surface area (Å²) in [5.41, 5.74) is -2.74. The molecule has 5 aliphatic rings. The Morgan fingerprint density at radius 3 is 2.67 bits per heavy atom. The quantitative estimate of drug-likeness (QED) is 0.332. The fourth-order valence-corrected chi connectivity index (χ4v) is 8.77. The predicted octanol–water partition coefficient (Wildman–Crippen LogP) is 4.56. The highest BCUT2D eigenvalue weighted by Crippen LogP contribution is 2.77. The Labute approximate surface area is 198 Å². The summed E-state index contributed by atoms with van der Waals surface area (Å²) in [5.74, 6) is -1.20. The van der Waals surface area contributed by atoms with Gasteiger partial charge in [0.1, 0.15) is 11.8 Å². The Morgan fingerprint density at radius 2 is 2.00 bits per heavy atom. The van der Waals surface area contributed by atoms with E-state index in [1.807, 2.05) is 20.8 Å². The Kier molecular flexibility index (Phi) is 5.13. The van der Waals surface area contributed by atoms with E-state index in [1.54, 1.807) is 6.92 Å². The number of ether oxygens (including phenoxy) is 3. The number of hydrogen-bond donors (Lipinski definition) is 0. The summed E-state index contributed by atoms with van der Waals surface area (Å²) >= 11 is 6.06. The van der Waals surface area contributed by atoms with E-state index in [1.165, 1.54) is 6.08 Å². The third-order valence-electron chi connectivity index (χ3n) is 9.90. The van der Waals surface area contributed by atoms with Crippen LogP contribution < -0.4 is 0 Å². The minimum atomic E-state index is -1.45. The van der Waals surface area contributed by atoms with Crippen LogP contribution in [-0.2, 0) is 23.8 Å². The van der Waals surface area contributed by atoms with Gasteiger partial charge in [-0.1, -0.05) is 20.8 Å². The maximum atomic E-state index is 15.6. The van der Waals surface area contributed by atoms with Crippen LogP contribution >= 0.6 is 11.6 Å². The van der Waals surface area contributed by atoms with Gasteiger partial charge in [-0.3, -0.25) is 9.59 Å². The highest BCUT2D eigenvalue weighted by atomic mass is 35.5. The highest BCUT2D eigenvalue weighted by molar-refractivity contribution is 6.29. The molecule has 6 nitrogen and oxygen atoms in total. The van der Waals surface area contributed by atoms with Gasteiger partial charge in [0.05, 0.1) is 18.6 Å². The van der Waals surface area contributed by atoms with E-state index in [9.17, 15) is 14.4 Å². The number of carbonyl (C=O) groups excluding carboxylic acids is 3. The lowest BCUT2D eigenvalue weighted by atomic mass is 9.45. The summed E-state index contributed by atoms with van der Waals surface area (Å²) in [6.07, 6.45) is 1.49. The van der Waals surface area contributed by atoms with Crippen molar-refractivity contribution in [1.29, 1.82) is 0 Å². The number of carbonyl (C=O) groups is 3. The molecule has 1 aliphatic heterocycles. The van der Waals surface area contributed by atoms with Gasteiger partial charge in [0, 0.05) is 23.2 Å². The molecular weight excluding hydrogens is 451 g/mol. The Morgan fingerprint density at radius 1 is 1.27 bits per heavy atom. The minimum absolute atomic E-state index is 0.0260. The van der Waals surface area contributed by atoms with Crippen LogP contribution in [0.2, 0.25) is 0 Å². The molecule has 4 fully saturated rings. The van der Waals surface area contributed by atoms with Crippen molar-refractivity contribution in [2.24, 2.45) is 28.6 Å². The topological polar surface area (TPSA) is 82.2 Å². The molecule has 8 heteroatoms. The van der Waals surface area contributed by atoms with Crippen LogP contribution in [0.25, 0.3) is 0 Å². The molecule has 0 N–H and O–H groups in total. The third-order valence-corrected chi connectivity index (χ3v) is 10.1. The van der Waals surface area contributed by atoms with E-state index < -0.39 is 34.4 Å². The lowest BCUT2D eigenvalue weighted by Crippen LogP contribution is -2.64. The summed E-state index contributed by atoms with van der Waals surface area (Å²) in [7, 11) is 0. The van der Waals surface area contributed by atoms with Gasteiger partial charge in [0.25, 0.3) is 0 Å². The lowest BCUT2D eigenvalue weighted by Gasteiger charge is -2.57. The van der Waals surface area contributed by atoms with Crippen molar-refractivity contribution in [2.75, 3.05) is 12.5 Å². The van der Waals surface area contributed by atoms with E-state index >= 15 is 4.39 Å². The normalized spacial score (nSPS) is 49.7. The molecule has 1 spiro atoms. The van der Waals surface area contributed by atoms with Crippen LogP contribution in [0.15, 0.2) is 11.6 Å². The molecule has 3 saturated carbocycles. The van der Waals surface area contributed by atoms with E-state index in [4.69, 9.17) is 25.8 Å². The number of halogens is 2. The molecule has 182 valence electrons. The van der Waals surface area contributed by atoms with Crippen LogP contribution in [0.5, 0.6) is 0 Å². The molecule has 0 aromatic heterocycles. The third kappa shape index (κ3) is 2.67. The molecule has 0 bridgehead atoms. The van der Waals surface area contributed by atoms with Crippen LogP contribution in [0.3, 0.4) is 0 Å². The van der Waals surface area contributed by atoms with Crippen LogP contribution in [0, 0.1) is 28.6 Å². The monoisotopic (exact) mass is 482 g/mol. The summed E-state index contributed by atoms with van der Waals surface area (Å²) < 4.78 is 33.1. The fraction of sp³-hybridized carbons (Fsp3) is 0.800. The first kappa shape index (κ1) is 23.3. The zero-order valence-electron chi connectivity index (χ0n) is 19.6. The number of hydrogen-bond acceptors (Lipinski definition) is 6. The SMILES string of the molecule is CCOC(=O)O[C@]1(C(=O)CCl)[C@@H](C)C[C@H]2[C@@H]3C[C@H](F)C4=CC(=O)CC[C@]4(C)[C@@]34O[C@H]4C[C@@]21C. The van der Waals surface area contributed by atoms with Crippen molar-refractivity contribution in [3.63, 3.8) is 0 Å². The Hall–Kier alpha value is -1.47. The minimum Gasteiger partial charge on any atom is -0.435 e.